The van der Waals surface area contributed by atoms with Crippen molar-refractivity contribution in [1.29, 1.82) is 0 Å². The number of hydrogen-bond donors (Lipinski definition) is 1. The summed E-state index contributed by atoms with van der Waals surface area (Å²) >= 11 is 0. The molecule has 5 rings (SSSR count). The van der Waals surface area contributed by atoms with Gasteiger partial charge in [0, 0.05) is 25.2 Å². The van der Waals surface area contributed by atoms with Gasteiger partial charge in [-0.3, -0.25) is 9.69 Å². The normalized spacial score (nSPS) is 31.8. The highest BCUT2D eigenvalue weighted by Crippen LogP contribution is 2.35. The van der Waals surface area contributed by atoms with Crippen LogP contribution in [-0.4, -0.2) is 65.1 Å². The second-order valence-electron chi connectivity index (χ2n) is 8.89. The predicted octanol–water partition coefficient (Wildman–Crippen LogP) is 3.08. The lowest BCUT2D eigenvalue weighted by Gasteiger charge is -2.47. The van der Waals surface area contributed by atoms with Gasteiger partial charge in [-0.1, -0.05) is 12.5 Å². The first-order valence-electron chi connectivity index (χ1n) is 10.8. The molecule has 0 radical (unpaired) electrons. The zero-order chi connectivity index (χ0) is 21.0. The van der Waals surface area contributed by atoms with E-state index in [2.05, 4.69) is 22.2 Å². The molecule has 0 spiro atoms. The highest BCUT2D eigenvalue weighted by Gasteiger charge is 2.41. The van der Waals surface area contributed by atoms with Crippen molar-refractivity contribution in [3.8, 4) is 0 Å². The molecular formula is C22H28N4O4. The maximum Gasteiger partial charge on any atom is 0.410 e. The van der Waals surface area contributed by atoms with Gasteiger partial charge >= 0.3 is 6.09 Å². The number of carbonyl (C=O) groups excluding carboxylic acids is 2. The molecule has 4 heterocycles. The minimum Gasteiger partial charge on any atom is -0.444 e. The number of benzene rings is 1. The van der Waals surface area contributed by atoms with Gasteiger partial charge in [-0.15, -0.1) is 0 Å². The summed E-state index contributed by atoms with van der Waals surface area (Å²) in [4.78, 5) is 33.6. The molecule has 3 aliphatic heterocycles. The number of ether oxygens (including phenoxy) is 1. The van der Waals surface area contributed by atoms with Gasteiger partial charge in [0.15, 0.2) is 5.58 Å². The van der Waals surface area contributed by atoms with Gasteiger partial charge in [0.25, 0.3) is 5.91 Å². The molecule has 4 atom stereocenters. The van der Waals surface area contributed by atoms with Crippen molar-refractivity contribution in [3.05, 3.63) is 29.7 Å². The number of piperidine rings is 2. The van der Waals surface area contributed by atoms with E-state index in [0.29, 0.717) is 34.6 Å². The number of hydrogen-bond acceptors (Lipinski definition) is 6. The van der Waals surface area contributed by atoms with Crippen LogP contribution >= 0.6 is 0 Å². The summed E-state index contributed by atoms with van der Waals surface area (Å²) in [7, 11) is 3.87. The number of likely N-dealkylation sites (N-methyl/N-ethyl adjacent to an activating group) is 1. The number of rotatable bonds is 3. The van der Waals surface area contributed by atoms with E-state index in [1.165, 1.54) is 24.2 Å². The molecule has 30 heavy (non-hydrogen) atoms. The number of amides is 2. The third-order valence-electron chi connectivity index (χ3n) is 7.04. The molecule has 3 aliphatic rings. The fourth-order valence-electron chi connectivity index (χ4n) is 5.37. The largest absolute Gasteiger partial charge is 0.444 e. The van der Waals surface area contributed by atoms with E-state index in [1.54, 1.807) is 25.2 Å². The Hall–Kier alpha value is -2.61. The number of aromatic nitrogens is 1. The van der Waals surface area contributed by atoms with Crippen molar-refractivity contribution in [3.63, 3.8) is 0 Å². The first-order chi connectivity index (χ1) is 14.4. The van der Waals surface area contributed by atoms with Crippen LogP contribution < -0.4 is 5.32 Å². The summed E-state index contributed by atoms with van der Waals surface area (Å²) in [6, 6.07) is 6.25. The smallest absolute Gasteiger partial charge is 0.410 e. The van der Waals surface area contributed by atoms with E-state index in [1.807, 2.05) is 6.92 Å². The Balaban J connectivity index is 1.39. The quantitative estimate of drug-likeness (QED) is 0.834. The molecule has 2 bridgehead atoms. The van der Waals surface area contributed by atoms with Gasteiger partial charge in [-0.05, 0) is 51.8 Å². The van der Waals surface area contributed by atoms with Gasteiger partial charge in [0.1, 0.15) is 17.7 Å². The van der Waals surface area contributed by atoms with Crippen LogP contribution in [0.3, 0.4) is 0 Å². The first-order valence-corrected chi connectivity index (χ1v) is 10.8. The van der Waals surface area contributed by atoms with Crippen molar-refractivity contribution in [2.75, 3.05) is 14.1 Å². The van der Waals surface area contributed by atoms with Crippen LogP contribution in [0.2, 0.25) is 0 Å². The van der Waals surface area contributed by atoms with Gasteiger partial charge in [-0.2, -0.15) is 0 Å². The molecule has 8 heteroatoms. The van der Waals surface area contributed by atoms with Crippen LogP contribution in [0.15, 0.2) is 22.6 Å². The van der Waals surface area contributed by atoms with Crippen LogP contribution in [0.4, 0.5) is 4.79 Å². The molecule has 3 fully saturated rings. The Kier molecular flexibility index (Phi) is 4.69. The van der Waals surface area contributed by atoms with E-state index in [-0.39, 0.29) is 18.1 Å². The van der Waals surface area contributed by atoms with Crippen LogP contribution in [0.25, 0.3) is 11.1 Å². The summed E-state index contributed by atoms with van der Waals surface area (Å²) in [6.07, 6.45) is 4.89. The third kappa shape index (κ3) is 3.14. The fraction of sp³-hybridized carbons (Fsp3) is 0.591. The van der Waals surface area contributed by atoms with Crippen LogP contribution in [0.5, 0.6) is 0 Å². The van der Waals surface area contributed by atoms with Crippen molar-refractivity contribution >= 4 is 23.1 Å². The molecule has 1 N–H and O–H groups in total. The number of fused-ring (bicyclic) bond motifs is 3. The highest BCUT2D eigenvalue weighted by molar-refractivity contribution is 6.04. The van der Waals surface area contributed by atoms with Crippen molar-refractivity contribution in [1.82, 2.24) is 20.1 Å². The number of nitrogens with one attached hydrogen (secondary N) is 1. The summed E-state index contributed by atoms with van der Waals surface area (Å²) in [5.74, 6) is 0.271. The Morgan fingerprint density at radius 3 is 2.60 bits per heavy atom. The number of para-hydroxylation sites is 1. The molecule has 2 amide bonds. The molecule has 2 unspecified atom stereocenters. The van der Waals surface area contributed by atoms with E-state index in [9.17, 15) is 9.59 Å². The monoisotopic (exact) mass is 412 g/mol. The summed E-state index contributed by atoms with van der Waals surface area (Å²) in [5.41, 5.74) is 1.57. The molecule has 0 aliphatic carbocycles. The lowest BCUT2D eigenvalue weighted by Crippen LogP contribution is -2.55. The maximum atomic E-state index is 13.1. The average molecular weight is 412 g/mol. The molecule has 1 aromatic carbocycles. The second kappa shape index (κ2) is 7.27. The topological polar surface area (TPSA) is 87.9 Å². The molecule has 0 saturated carbocycles. The zero-order valence-electron chi connectivity index (χ0n) is 17.6. The van der Waals surface area contributed by atoms with E-state index in [4.69, 9.17) is 9.15 Å². The van der Waals surface area contributed by atoms with E-state index >= 15 is 0 Å². The Morgan fingerprint density at radius 2 is 1.93 bits per heavy atom. The molecule has 1 aromatic heterocycles. The lowest BCUT2D eigenvalue weighted by atomic mass is 9.82. The molecule has 3 saturated heterocycles. The van der Waals surface area contributed by atoms with Crippen LogP contribution in [-0.2, 0) is 4.74 Å². The standard InChI is InChI=1S/C22H28N4O4/c1-12-19(26(3)22(28)29-12)21-24-18-16(8-5-9-17(18)30-21)20(27)23-13-10-14-6-4-7-15(11-13)25(14)2/h5,8-9,12-15,19H,4,6-7,10-11H2,1-3H3,(H,23,27)/t12-,13?,14?,15?,19+/m0/s1. The predicted molar refractivity (Wildman–Crippen MR) is 110 cm³/mol. The molecule has 8 nitrogen and oxygen atoms in total. The average Bonchev–Trinajstić information content (AvgIpc) is 3.22. The van der Waals surface area contributed by atoms with Crippen molar-refractivity contribution in [2.45, 2.75) is 69.3 Å². The Labute approximate surface area is 175 Å². The zero-order valence-corrected chi connectivity index (χ0v) is 17.6. The van der Waals surface area contributed by atoms with Gasteiger partial charge in [0.2, 0.25) is 5.89 Å². The van der Waals surface area contributed by atoms with E-state index < -0.39 is 12.1 Å². The van der Waals surface area contributed by atoms with Gasteiger partial charge < -0.3 is 19.4 Å². The van der Waals surface area contributed by atoms with E-state index in [0.717, 1.165) is 12.8 Å². The van der Waals surface area contributed by atoms with Crippen molar-refractivity contribution in [2.24, 2.45) is 0 Å². The molecule has 2 aromatic rings. The fourth-order valence-corrected chi connectivity index (χ4v) is 5.37. The minimum atomic E-state index is -0.408. The third-order valence-corrected chi connectivity index (χ3v) is 7.04. The molecular weight excluding hydrogens is 384 g/mol. The SMILES string of the molecule is C[C@@H]1OC(=O)N(C)[C@H]1c1nc2c(C(=O)NC3CC4CCCC(C3)N4C)cccc2o1. The highest BCUT2D eigenvalue weighted by atomic mass is 16.6. The van der Waals surface area contributed by atoms with Crippen LogP contribution in [0, 0.1) is 0 Å². The second-order valence-corrected chi connectivity index (χ2v) is 8.89. The Bertz CT molecular complexity index is 975. The van der Waals surface area contributed by atoms with Crippen molar-refractivity contribution < 1.29 is 18.7 Å². The maximum absolute atomic E-state index is 13.1. The van der Waals surface area contributed by atoms with Crippen LogP contribution in [0.1, 0.15) is 61.3 Å². The number of oxazole rings is 1. The summed E-state index contributed by atoms with van der Waals surface area (Å²) < 4.78 is 11.2. The number of cyclic esters (lactones) is 1. The number of carbonyl (C=O) groups is 2. The summed E-state index contributed by atoms with van der Waals surface area (Å²) in [5, 5.41) is 3.24. The van der Waals surface area contributed by atoms with Gasteiger partial charge in [0.05, 0.1) is 5.56 Å². The first kappa shape index (κ1) is 19.4. The minimum absolute atomic E-state index is 0.117. The Morgan fingerprint density at radius 1 is 1.20 bits per heavy atom. The molecule has 160 valence electrons. The van der Waals surface area contributed by atoms with Gasteiger partial charge in [-0.25, -0.2) is 9.78 Å². The lowest BCUT2D eigenvalue weighted by molar-refractivity contribution is 0.0463. The summed E-state index contributed by atoms with van der Waals surface area (Å²) in [6.45, 7) is 1.81. The number of nitrogens with zero attached hydrogens (tertiary/aromatic N) is 3.